The number of rotatable bonds is 7. The van der Waals surface area contributed by atoms with E-state index in [1.807, 2.05) is 20.8 Å². The molecule has 0 spiro atoms. The van der Waals surface area contributed by atoms with E-state index in [4.69, 9.17) is 23.2 Å². The summed E-state index contributed by atoms with van der Waals surface area (Å²) in [6, 6.07) is 12.9. The number of halogens is 2. The van der Waals surface area contributed by atoms with Crippen LogP contribution < -0.4 is 5.32 Å². The van der Waals surface area contributed by atoms with Gasteiger partial charge in [0.05, 0.1) is 0 Å². The number of amides is 2. The van der Waals surface area contributed by atoms with Gasteiger partial charge in [-0.15, -0.1) is 0 Å². The van der Waals surface area contributed by atoms with E-state index in [1.54, 1.807) is 30.0 Å². The molecule has 4 nitrogen and oxygen atoms in total. The first-order chi connectivity index (χ1) is 15.2. The van der Waals surface area contributed by atoms with Crippen LogP contribution in [-0.4, -0.2) is 28.3 Å². The summed E-state index contributed by atoms with van der Waals surface area (Å²) in [5.41, 5.74) is 2.64. The van der Waals surface area contributed by atoms with Crippen molar-refractivity contribution in [1.29, 1.82) is 0 Å². The van der Waals surface area contributed by atoms with Crippen LogP contribution in [0.25, 0.3) is 0 Å². The highest BCUT2D eigenvalue weighted by atomic mass is 35.5. The van der Waals surface area contributed by atoms with E-state index in [-0.39, 0.29) is 30.2 Å². The molecular formula is C27H36Cl2N2O2. The van der Waals surface area contributed by atoms with Gasteiger partial charge in [0.2, 0.25) is 11.8 Å². The van der Waals surface area contributed by atoms with Gasteiger partial charge in [-0.2, -0.15) is 0 Å². The second kappa shape index (κ2) is 10.9. The van der Waals surface area contributed by atoms with E-state index in [0.717, 1.165) is 5.56 Å². The Morgan fingerprint density at radius 1 is 0.939 bits per heavy atom. The molecule has 0 aliphatic rings. The fourth-order valence-electron chi connectivity index (χ4n) is 3.48. The Morgan fingerprint density at radius 2 is 1.48 bits per heavy atom. The number of hydrogen-bond acceptors (Lipinski definition) is 2. The minimum absolute atomic E-state index is 0.0786. The third-order valence-corrected chi connectivity index (χ3v) is 6.21. The Bertz CT molecular complexity index is 953. The monoisotopic (exact) mass is 490 g/mol. The summed E-state index contributed by atoms with van der Waals surface area (Å²) in [6.45, 7) is 14.2. The van der Waals surface area contributed by atoms with Crippen molar-refractivity contribution in [3.05, 3.63) is 69.2 Å². The lowest BCUT2D eigenvalue weighted by Gasteiger charge is -2.32. The zero-order chi connectivity index (χ0) is 25.0. The zero-order valence-electron chi connectivity index (χ0n) is 20.8. The van der Waals surface area contributed by atoms with E-state index < -0.39 is 11.6 Å². The molecule has 2 amide bonds. The second-order valence-corrected chi connectivity index (χ2v) is 11.4. The molecule has 0 heterocycles. The molecule has 1 atom stereocenters. The van der Waals surface area contributed by atoms with Gasteiger partial charge in [-0.3, -0.25) is 9.59 Å². The largest absolute Gasteiger partial charge is 0.350 e. The van der Waals surface area contributed by atoms with Crippen LogP contribution >= 0.6 is 23.2 Å². The third kappa shape index (κ3) is 8.04. The zero-order valence-corrected chi connectivity index (χ0v) is 22.3. The molecule has 0 saturated carbocycles. The predicted octanol–water partition coefficient (Wildman–Crippen LogP) is 6.56. The Morgan fingerprint density at radius 3 is 1.97 bits per heavy atom. The molecule has 0 bridgehead atoms. The van der Waals surface area contributed by atoms with Crippen molar-refractivity contribution >= 4 is 35.0 Å². The molecule has 0 unspecified atom stereocenters. The molecular weight excluding hydrogens is 455 g/mol. The van der Waals surface area contributed by atoms with Gasteiger partial charge in [-0.25, -0.2) is 0 Å². The smallest absolute Gasteiger partial charge is 0.242 e. The third-order valence-electron chi connectivity index (χ3n) is 5.50. The molecule has 2 aromatic carbocycles. The molecule has 6 heteroatoms. The van der Waals surface area contributed by atoms with Crippen LogP contribution in [0.15, 0.2) is 42.5 Å². The highest BCUT2D eigenvalue weighted by Crippen LogP contribution is 2.27. The number of carbonyl (C=O) groups excluding carboxylic acids is 2. The summed E-state index contributed by atoms with van der Waals surface area (Å²) in [5, 5.41) is 3.91. The molecule has 0 aliphatic heterocycles. The van der Waals surface area contributed by atoms with Gasteiger partial charge in [0.15, 0.2) is 0 Å². The van der Waals surface area contributed by atoms with Crippen molar-refractivity contribution in [3.63, 3.8) is 0 Å². The number of nitrogens with zero attached hydrogens (tertiary/aromatic N) is 1. The van der Waals surface area contributed by atoms with Gasteiger partial charge in [-0.1, -0.05) is 74.3 Å². The van der Waals surface area contributed by atoms with Gasteiger partial charge < -0.3 is 10.2 Å². The van der Waals surface area contributed by atoms with Gasteiger partial charge in [0, 0.05) is 34.1 Å². The van der Waals surface area contributed by atoms with Crippen LogP contribution in [0.2, 0.25) is 10.0 Å². The van der Waals surface area contributed by atoms with Crippen molar-refractivity contribution < 1.29 is 9.59 Å². The first-order valence-corrected chi connectivity index (χ1v) is 12.1. The predicted molar refractivity (Wildman–Crippen MR) is 138 cm³/mol. The Labute approximate surface area is 208 Å². The molecule has 1 N–H and O–H groups in total. The topological polar surface area (TPSA) is 49.4 Å². The summed E-state index contributed by atoms with van der Waals surface area (Å²) in [4.78, 5) is 27.8. The highest BCUT2D eigenvalue weighted by molar-refractivity contribution is 6.36. The molecule has 0 aromatic heterocycles. The van der Waals surface area contributed by atoms with Crippen LogP contribution in [-0.2, 0) is 28.0 Å². The standard InChI is InChI=1S/C27H36Cl2N2O2/c1-18(25(33)30-27(5,6)7)31(17-21-22(28)9-8-10-23(21)29)24(32)16-13-19-11-14-20(15-12-19)26(2,3)4/h8-12,14-15,18H,13,16-17H2,1-7H3,(H,30,33)/t18-/m1/s1. The molecule has 180 valence electrons. The Balaban J connectivity index is 2.22. The summed E-state index contributed by atoms with van der Waals surface area (Å²) in [7, 11) is 0. The van der Waals surface area contributed by atoms with Gasteiger partial charge in [-0.05, 0) is 62.8 Å². The maximum atomic E-state index is 13.3. The lowest BCUT2D eigenvalue weighted by atomic mass is 9.86. The van der Waals surface area contributed by atoms with Crippen molar-refractivity contribution in [2.45, 2.75) is 84.8 Å². The van der Waals surface area contributed by atoms with Crippen LogP contribution in [0, 0.1) is 0 Å². The summed E-state index contributed by atoms with van der Waals surface area (Å²) >= 11 is 12.7. The van der Waals surface area contributed by atoms with Gasteiger partial charge >= 0.3 is 0 Å². The number of aryl methyl sites for hydroxylation is 1. The second-order valence-electron chi connectivity index (χ2n) is 10.6. The summed E-state index contributed by atoms with van der Waals surface area (Å²) in [5.74, 6) is -0.337. The van der Waals surface area contributed by atoms with Crippen LogP contribution in [0.3, 0.4) is 0 Å². The van der Waals surface area contributed by atoms with Crippen LogP contribution in [0.4, 0.5) is 0 Å². The van der Waals surface area contributed by atoms with E-state index >= 15 is 0 Å². The maximum Gasteiger partial charge on any atom is 0.242 e. The van der Waals surface area contributed by atoms with Crippen molar-refractivity contribution in [2.24, 2.45) is 0 Å². The van der Waals surface area contributed by atoms with E-state index in [2.05, 4.69) is 50.4 Å². The Kier molecular flexibility index (Phi) is 9.01. The van der Waals surface area contributed by atoms with Gasteiger partial charge in [0.25, 0.3) is 0 Å². The molecule has 2 rings (SSSR count). The average molecular weight is 492 g/mol. The van der Waals surface area contributed by atoms with Crippen molar-refractivity contribution in [2.75, 3.05) is 0 Å². The highest BCUT2D eigenvalue weighted by Gasteiger charge is 2.29. The molecule has 0 radical (unpaired) electrons. The minimum Gasteiger partial charge on any atom is -0.350 e. The number of carbonyl (C=O) groups is 2. The molecule has 2 aromatic rings. The normalized spacial score (nSPS) is 12.9. The SMILES string of the molecule is C[C@H](C(=O)NC(C)(C)C)N(Cc1c(Cl)cccc1Cl)C(=O)CCc1ccc(C(C)(C)C)cc1. The van der Waals surface area contributed by atoms with E-state index in [9.17, 15) is 9.59 Å². The molecule has 0 aliphatic carbocycles. The van der Waals surface area contributed by atoms with Crippen LogP contribution in [0.1, 0.15) is 71.6 Å². The fraction of sp³-hybridized carbons (Fsp3) is 0.481. The minimum atomic E-state index is -0.674. The maximum absolute atomic E-state index is 13.3. The fourth-order valence-corrected chi connectivity index (χ4v) is 3.99. The summed E-state index contributed by atoms with van der Waals surface area (Å²) in [6.07, 6.45) is 0.869. The molecule has 0 fully saturated rings. The number of nitrogens with one attached hydrogen (secondary N) is 1. The molecule has 33 heavy (non-hydrogen) atoms. The molecule has 0 saturated heterocycles. The number of benzene rings is 2. The van der Waals surface area contributed by atoms with Crippen molar-refractivity contribution in [1.82, 2.24) is 10.2 Å². The Hall–Kier alpha value is -2.04. The lowest BCUT2D eigenvalue weighted by molar-refractivity contribution is -0.141. The van der Waals surface area contributed by atoms with Crippen molar-refractivity contribution in [3.8, 4) is 0 Å². The number of hydrogen-bond donors (Lipinski definition) is 1. The quantitative estimate of drug-likeness (QED) is 0.477. The first kappa shape index (κ1) is 27.2. The summed E-state index contributed by atoms with van der Waals surface area (Å²) < 4.78 is 0. The van der Waals surface area contributed by atoms with Gasteiger partial charge in [0.1, 0.15) is 6.04 Å². The van der Waals surface area contributed by atoms with E-state index in [0.29, 0.717) is 22.0 Å². The first-order valence-electron chi connectivity index (χ1n) is 11.3. The van der Waals surface area contributed by atoms with Crippen LogP contribution in [0.5, 0.6) is 0 Å². The average Bonchev–Trinajstić information content (AvgIpc) is 2.70. The van der Waals surface area contributed by atoms with E-state index in [1.165, 1.54) is 5.56 Å². The lowest BCUT2D eigenvalue weighted by Crippen LogP contribution is -2.52.